The van der Waals surface area contributed by atoms with Crippen LogP contribution < -0.4 is 9.62 Å². The van der Waals surface area contributed by atoms with Crippen LogP contribution in [0.4, 0.5) is 24.5 Å². The number of nitrogens with one attached hydrogen (secondary N) is 1. The summed E-state index contributed by atoms with van der Waals surface area (Å²) in [6.07, 6.45) is 0.673. The Hall–Kier alpha value is -3.12. The quantitative estimate of drug-likeness (QED) is 0.432. The van der Waals surface area contributed by atoms with E-state index in [1.165, 1.54) is 6.07 Å². The van der Waals surface area contributed by atoms with Gasteiger partial charge in [-0.1, -0.05) is 26.0 Å². The van der Waals surface area contributed by atoms with Crippen molar-refractivity contribution in [3.05, 3.63) is 65.2 Å². The third kappa shape index (κ3) is 4.88. The van der Waals surface area contributed by atoms with Crippen molar-refractivity contribution >= 4 is 21.4 Å². The second-order valence-corrected chi connectivity index (χ2v) is 13.9. The molecular formula is C29H35F3N6O2S. The summed E-state index contributed by atoms with van der Waals surface area (Å²) in [5, 5.41) is 11.2. The number of hydrogen-bond acceptors (Lipinski definition) is 6. The number of sulfonamides is 1. The summed E-state index contributed by atoms with van der Waals surface area (Å²) in [4.78, 5) is 1.76. The smallest absolute Gasteiger partial charge is 0.365 e. The molecule has 1 saturated carbocycles. The van der Waals surface area contributed by atoms with Crippen LogP contribution in [0.1, 0.15) is 62.0 Å². The highest BCUT2D eigenvalue weighted by atomic mass is 32.2. The fourth-order valence-electron chi connectivity index (χ4n) is 7.00. The number of benzene rings is 2. The van der Waals surface area contributed by atoms with Gasteiger partial charge >= 0.3 is 6.18 Å². The number of aryl methyl sites for hydroxylation is 1. The molecule has 6 rings (SSSR count). The van der Waals surface area contributed by atoms with Gasteiger partial charge in [0, 0.05) is 20.1 Å². The standard InChI is InChI=1S/C29H35F3N6O2S/c1-19-6-5-9-37(15-19)16-21-10-24(29(30,31)32)26-25(11-21)41(39,40)38(17-33-26)23-8-4-7-22(12-23)28(13-20(2)14-28)27-35-34-18-36(27)3/h4,7-8,10-12,18-20,33H,5-6,9,13-17H2,1-3H3/t19-,20?,28?/m0/s1. The first-order valence-electron chi connectivity index (χ1n) is 14.1. The molecule has 1 aliphatic carbocycles. The minimum Gasteiger partial charge on any atom is -0.365 e. The van der Waals surface area contributed by atoms with Gasteiger partial charge in [0.2, 0.25) is 0 Å². The lowest BCUT2D eigenvalue weighted by molar-refractivity contribution is -0.137. The maximum Gasteiger partial charge on any atom is 0.418 e. The molecule has 220 valence electrons. The van der Waals surface area contributed by atoms with Gasteiger partial charge in [-0.2, -0.15) is 13.2 Å². The second-order valence-electron chi connectivity index (χ2n) is 12.1. The molecule has 3 heterocycles. The predicted octanol–water partition coefficient (Wildman–Crippen LogP) is 5.36. The molecule has 2 aromatic carbocycles. The van der Waals surface area contributed by atoms with Crippen LogP contribution in [0.15, 0.2) is 47.6 Å². The van der Waals surface area contributed by atoms with Crippen molar-refractivity contribution < 1.29 is 21.6 Å². The van der Waals surface area contributed by atoms with E-state index in [1.54, 1.807) is 18.5 Å². The molecule has 2 aliphatic heterocycles. The molecule has 41 heavy (non-hydrogen) atoms. The summed E-state index contributed by atoms with van der Waals surface area (Å²) in [5.41, 5.74) is -0.0929. The van der Waals surface area contributed by atoms with E-state index in [2.05, 4.69) is 34.3 Å². The molecular weight excluding hydrogens is 553 g/mol. The highest BCUT2D eigenvalue weighted by Crippen LogP contribution is 2.52. The number of likely N-dealkylation sites (tertiary alicyclic amines) is 1. The molecule has 1 N–H and O–H groups in total. The van der Waals surface area contributed by atoms with E-state index < -0.39 is 27.2 Å². The highest BCUT2D eigenvalue weighted by Gasteiger charge is 2.48. The largest absolute Gasteiger partial charge is 0.418 e. The Balaban J connectivity index is 1.39. The summed E-state index contributed by atoms with van der Waals surface area (Å²) in [7, 11) is -2.41. The number of halogens is 3. The molecule has 1 aromatic heterocycles. The second kappa shape index (κ2) is 10.0. The van der Waals surface area contributed by atoms with Crippen LogP contribution in [0.2, 0.25) is 0 Å². The molecule has 0 unspecified atom stereocenters. The number of anilines is 2. The maximum atomic E-state index is 14.2. The zero-order valence-corrected chi connectivity index (χ0v) is 24.3. The zero-order valence-electron chi connectivity index (χ0n) is 23.4. The van der Waals surface area contributed by atoms with Gasteiger partial charge in [-0.25, -0.2) is 12.7 Å². The molecule has 1 saturated heterocycles. The van der Waals surface area contributed by atoms with E-state index in [9.17, 15) is 21.6 Å². The van der Waals surface area contributed by atoms with Crippen molar-refractivity contribution in [1.82, 2.24) is 19.7 Å². The molecule has 2 fully saturated rings. The van der Waals surface area contributed by atoms with Crippen molar-refractivity contribution in [2.24, 2.45) is 18.9 Å². The first kappa shape index (κ1) is 28.0. The lowest BCUT2D eigenvalue weighted by Crippen LogP contribution is -2.44. The van der Waals surface area contributed by atoms with Crippen molar-refractivity contribution in [1.29, 1.82) is 0 Å². The van der Waals surface area contributed by atoms with Gasteiger partial charge in [-0.3, -0.25) is 4.90 Å². The molecule has 12 heteroatoms. The van der Waals surface area contributed by atoms with Crippen LogP contribution in [0.25, 0.3) is 0 Å². The van der Waals surface area contributed by atoms with Crippen LogP contribution in [0.5, 0.6) is 0 Å². The van der Waals surface area contributed by atoms with Crippen molar-refractivity contribution in [2.75, 3.05) is 29.4 Å². The molecule has 3 aromatic rings. The fraction of sp³-hybridized carbons (Fsp3) is 0.517. The number of nitrogens with zero attached hydrogens (tertiary/aromatic N) is 5. The molecule has 0 radical (unpaired) electrons. The first-order chi connectivity index (χ1) is 19.4. The van der Waals surface area contributed by atoms with Gasteiger partial charge in [0.1, 0.15) is 23.7 Å². The lowest BCUT2D eigenvalue weighted by atomic mass is 9.58. The normalized spacial score (nSPS) is 26.2. The van der Waals surface area contributed by atoms with E-state index in [1.807, 2.05) is 23.7 Å². The SMILES string of the molecule is CC1CC(c2cccc(N3CNc4c(C(F)(F)F)cc(CN5CCC[C@H](C)C5)cc4S3(=O)=O)c2)(c2nncn2C)C1. The van der Waals surface area contributed by atoms with Crippen LogP contribution in [0, 0.1) is 11.8 Å². The van der Waals surface area contributed by atoms with Crippen LogP contribution in [0.3, 0.4) is 0 Å². The maximum absolute atomic E-state index is 14.2. The minimum atomic E-state index is -4.71. The van der Waals surface area contributed by atoms with Crippen LogP contribution in [-0.4, -0.2) is 47.8 Å². The van der Waals surface area contributed by atoms with E-state index in [4.69, 9.17) is 0 Å². The summed E-state index contributed by atoms with van der Waals surface area (Å²) in [5.74, 6) is 1.72. The van der Waals surface area contributed by atoms with Gasteiger partial charge in [0.05, 0.1) is 22.4 Å². The predicted molar refractivity (Wildman–Crippen MR) is 150 cm³/mol. The van der Waals surface area contributed by atoms with E-state index in [0.717, 1.165) is 60.5 Å². The topological polar surface area (TPSA) is 83.4 Å². The lowest BCUT2D eigenvalue weighted by Gasteiger charge is -2.46. The Kier molecular flexibility index (Phi) is 6.84. The van der Waals surface area contributed by atoms with E-state index in [0.29, 0.717) is 23.1 Å². The van der Waals surface area contributed by atoms with Crippen molar-refractivity contribution in [3.8, 4) is 0 Å². The van der Waals surface area contributed by atoms with Crippen LogP contribution in [-0.2, 0) is 35.2 Å². The molecule has 0 amide bonds. The van der Waals surface area contributed by atoms with E-state index >= 15 is 0 Å². The van der Waals surface area contributed by atoms with Gasteiger partial charge in [0.15, 0.2) is 0 Å². The number of fused-ring (bicyclic) bond motifs is 1. The van der Waals surface area contributed by atoms with Gasteiger partial charge in [-0.15, -0.1) is 10.2 Å². The third-order valence-electron chi connectivity index (χ3n) is 8.80. The molecule has 3 aliphatic rings. The average Bonchev–Trinajstić information content (AvgIpc) is 3.32. The number of rotatable bonds is 5. The first-order valence-corrected chi connectivity index (χ1v) is 15.5. The summed E-state index contributed by atoms with van der Waals surface area (Å²) in [6.45, 7) is 5.79. The summed E-state index contributed by atoms with van der Waals surface area (Å²) in [6, 6.07) is 9.78. The van der Waals surface area contributed by atoms with Gasteiger partial charge in [-0.05, 0) is 79.5 Å². The Bertz CT molecular complexity index is 1560. The van der Waals surface area contributed by atoms with Gasteiger partial charge < -0.3 is 9.88 Å². The average molecular weight is 589 g/mol. The highest BCUT2D eigenvalue weighted by molar-refractivity contribution is 7.93. The third-order valence-corrected chi connectivity index (χ3v) is 10.6. The minimum absolute atomic E-state index is 0.268. The number of alkyl halides is 3. The summed E-state index contributed by atoms with van der Waals surface area (Å²) >= 11 is 0. The monoisotopic (exact) mass is 588 g/mol. The fourth-order valence-corrected chi connectivity index (χ4v) is 8.60. The summed E-state index contributed by atoms with van der Waals surface area (Å²) < 4.78 is 73.8. The molecule has 1 atom stereocenters. The Labute approximate surface area is 238 Å². The Morgan fingerprint density at radius 2 is 1.90 bits per heavy atom. The molecule has 8 nitrogen and oxygen atoms in total. The van der Waals surface area contributed by atoms with Crippen molar-refractivity contribution in [3.63, 3.8) is 0 Å². The van der Waals surface area contributed by atoms with Gasteiger partial charge in [0.25, 0.3) is 10.0 Å². The van der Waals surface area contributed by atoms with E-state index in [-0.39, 0.29) is 23.8 Å². The molecule has 0 bridgehead atoms. The Morgan fingerprint density at radius 3 is 2.56 bits per heavy atom. The molecule has 0 spiro atoms. The van der Waals surface area contributed by atoms with Crippen molar-refractivity contribution in [2.45, 2.75) is 62.6 Å². The zero-order chi connectivity index (χ0) is 29.2. The number of piperidine rings is 1. The number of hydrogen-bond donors (Lipinski definition) is 1. The number of aromatic nitrogens is 3. The Morgan fingerprint density at radius 1 is 1.12 bits per heavy atom. The van der Waals surface area contributed by atoms with Crippen LogP contribution >= 0.6 is 0 Å².